The van der Waals surface area contributed by atoms with Gasteiger partial charge in [-0.25, -0.2) is 8.42 Å². The van der Waals surface area contributed by atoms with Crippen molar-refractivity contribution in [2.24, 2.45) is 5.92 Å². The van der Waals surface area contributed by atoms with E-state index in [4.69, 9.17) is 10.7 Å². The Kier molecular flexibility index (Phi) is 4.32. The van der Waals surface area contributed by atoms with E-state index in [0.29, 0.717) is 24.7 Å². The van der Waals surface area contributed by atoms with E-state index in [0.717, 1.165) is 6.42 Å². The van der Waals surface area contributed by atoms with Gasteiger partial charge in [0.05, 0.1) is 0 Å². The van der Waals surface area contributed by atoms with Gasteiger partial charge in [-0.05, 0) is 12.8 Å². The third-order valence-corrected chi connectivity index (χ3v) is 3.71. The smallest absolute Gasteiger partial charge is 0.296 e. The van der Waals surface area contributed by atoms with Gasteiger partial charge in [0.2, 0.25) is 0 Å². The zero-order chi connectivity index (χ0) is 12.3. The highest BCUT2D eigenvalue weighted by atomic mass is 35.7. The Morgan fingerprint density at radius 2 is 2.00 bits per heavy atom. The van der Waals surface area contributed by atoms with Gasteiger partial charge in [0.15, 0.2) is 0 Å². The number of hydrogen-bond acceptors (Lipinski definition) is 4. The first kappa shape index (κ1) is 13.4. The summed E-state index contributed by atoms with van der Waals surface area (Å²) in [5.74, 6) is 1.12. The van der Waals surface area contributed by atoms with E-state index < -0.39 is 9.05 Å². The third-order valence-electron chi connectivity index (χ3n) is 2.56. The number of halogens is 1. The van der Waals surface area contributed by atoms with Crippen molar-refractivity contribution in [3.05, 3.63) is 5.82 Å². The van der Waals surface area contributed by atoms with Gasteiger partial charge < -0.3 is 4.57 Å². The Balaban J connectivity index is 3.09. The molecule has 0 aliphatic rings. The second-order valence-corrected chi connectivity index (χ2v) is 6.26. The van der Waals surface area contributed by atoms with Crippen LogP contribution in [0, 0.1) is 5.92 Å². The summed E-state index contributed by atoms with van der Waals surface area (Å²) in [6.07, 6.45) is 1.73. The third kappa shape index (κ3) is 2.95. The molecule has 0 fully saturated rings. The summed E-state index contributed by atoms with van der Waals surface area (Å²) in [5.41, 5.74) is 0. The summed E-state index contributed by atoms with van der Waals surface area (Å²) < 4.78 is 24.0. The fourth-order valence-corrected chi connectivity index (χ4v) is 2.40. The molecule has 1 aromatic heterocycles. The SMILES string of the molecule is CCC(C)Cc1nnc(S(=O)(=O)Cl)n1CC. The van der Waals surface area contributed by atoms with Crippen molar-refractivity contribution in [2.75, 3.05) is 0 Å². The predicted molar refractivity (Wildman–Crippen MR) is 61.9 cm³/mol. The van der Waals surface area contributed by atoms with Gasteiger partial charge in [-0.3, -0.25) is 0 Å². The summed E-state index contributed by atoms with van der Waals surface area (Å²) in [7, 11) is 1.47. The normalized spacial score (nSPS) is 14.0. The van der Waals surface area contributed by atoms with Crippen molar-refractivity contribution < 1.29 is 8.42 Å². The van der Waals surface area contributed by atoms with Gasteiger partial charge in [-0.15, -0.1) is 10.2 Å². The lowest BCUT2D eigenvalue weighted by atomic mass is 10.1. The predicted octanol–water partition coefficient (Wildman–Crippen LogP) is 1.81. The fraction of sp³-hybridized carbons (Fsp3) is 0.778. The van der Waals surface area contributed by atoms with Gasteiger partial charge >= 0.3 is 0 Å². The second kappa shape index (κ2) is 5.14. The van der Waals surface area contributed by atoms with Gasteiger partial charge in [-0.2, -0.15) is 0 Å². The molecular weight excluding hydrogens is 250 g/mol. The Hall–Kier alpha value is -0.620. The van der Waals surface area contributed by atoms with Crippen LogP contribution in [0.15, 0.2) is 5.16 Å². The molecular formula is C9H16ClN3O2S. The molecule has 1 atom stereocenters. The fourth-order valence-electron chi connectivity index (χ4n) is 1.42. The van der Waals surface area contributed by atoms with Crippen LogP contribution in [0.1, 0.15) is 33.0 Å². The van der Waals surface area contributed by atoms with Gasteiger partial charge in [0.25, 0.3) is 14.2 Å². The number of hydrogen-bond donors (Lipinski definition) is 0. The minimum atomic E-state index is -3.81. The first-order valence-electron chi connectivity index (χ1n) is 5.26. The molecule has 5 nitrogen and oxygen atoms in total. The number of nitrogens with zero attached hydrogens (tertiary/aromatic N) is 3. The average molecular weight is 266 g/mol. The molecule has 1 aromatic rings. The van der Waals surface area contributed by atoms with Crippen LogP contribution in [-0.4, -0.2) is 23.2 Å². The zero-order valence-electron chi connectivity index (χ0n) is 9.64. The van der Waals surface area contributed by atoms with E-state index >= 15 is 0 Å². The summed E-state index contributed by atoms with van der Waals surface area (Å²) >= 11 is 0. The van der Waals surface area contributed by atoms with E-state index in [9.17, 15) is 8.42 Å². The quantitative estimate of drug-likeness (QED) is 0.762. The molecule has 0 aliphatic carbocycles. The van der Waals surface area contributed by atoms with Crippen LogP contribution < -0.4 is 0 Å². The van der Waals surface area contributed by atoms with Gasteiger partial charge in [0, 0.05) is 23.6 Å². The second-order valence-electron chi connectivity index (χ2n) is 3.80. The maximum absolute atomic E-state index is 11.2. The van der Waals surface area contributed by atoms with E-state index in [2.05, 4.69) is 24.0 Å². The van der Waals surface area contributed by atoms with Crippen LogP contribution in [0.5, 0.6) is 0 Å². The lowest BCUT2D eigenvalue weighted by molar-refractivity contribution is 0.512. The first-order chi connectivity index (χ1) is 7.40. The monoisotopic (exact) mass is 265 g/mol. The van der Waals surface area contributed by atoms with Crippen LogP contribution in [0.2, 0.25) is 0 Å². The Morgan fingerprint density at radius 1 is 1.38 bits per heavy atom. The van der Waals surface area contributed by atoms with E-state index in [-0.39, 0.29) is 5.16 Å². The van der Waals surface area contributed by atoms with Crippen LogP contribution >= 0.6 is 10.7 Å². The highest BCUT2D eigenvalue weighted by Crippen LogP contribution is 2.17. The molecule has 16 heavy (non-hydrogen) atoms. The van der Waals surface area contributed by atoms with Crippen LogP contribution in [-0.2, 0) is 22.0 Å². The molecule has 0 spiro atoms. The topological polar surface area (TPSA) is 64.8 Å². The molecule has 0 aliphatic heterocycles. The Morgan fingerprint density at radius 3 is 2.44 bits per heavy atom. The highest BCUT2D eigenvalue weighted by Gasteiger charge is 2.22. The highest BCUT2D eigenvalue weighted by molar-refractivity contribution is 8.13. The summed E-state index contributed by atoms with van der Waals surface area (Å²) in [6.45, 7) is 6.51. The molecule has 0 aromatic carbocycles. The van der Waals surface area contributed by atoms with Crippen molar-refractivity contribution >= 4 is 19.7 Å². The number of aromatic nitrogens is 3. The number of rotatable bonds is 5. The standard InChI is InChI=1S/C9H16ClN3O2S/c1-4-7(3)6-8-11-12-9(13(8)5-2)16(10,14)15/h7H,4-6H2,1-3H3. The van der Waals surface area contributed by atoms with Crippen LogP contribution in [0.4, 0.5) is 0 Å². The van der Waals surface area contributed by atoms with Crippen molar-refractivity contribution in [2.45, 2.75) is 45.3 Å². The molecule has 0 saturated carbocycles. The summed E-state index contributed by atoms with van der Waals surface area (Å²) in [6, 6.07) is 0. The molecule has 92 valence electrons. The molecule has 0 bridgehead atoms. The molecule has 0 N–H and O–H groups in total. The maximum atomic E-state index is 11.2. The molecule has 0 saturated heterocycles. The zero-order valence-corrected chi connectivity index (χ0v) is 11.2. The molecule has 0 amide bonds. The molecule has 1 heterocycles. The maximum Gasteiger partial charge on any atom is 0.296 e. The first-order valence-corrected chi connectivity index (χ1v) is 7.57. The molecule has 7 heteroatoms. The summed E-state index contributed by atoms with van der Waals surface area (Å²) in [4.78, 5) is 0. The van der Waals surface area contributed by atoms with E-state index in [1.54, 1.807) is 4.57 Å². The average Bonchev–Trinajstić information content (AvgIpc) is 2.60. The largest absolute Gasteiger partial charge is 0.301 e. The van der Waals surface area contributed by atoms with E-state index in [1.165, 1.54) is 0 Å². The van der Waals surface area contributed by atoms with E-state index in [1.807, 2.05) is 6.92 Å². The molecule has 0 radical (unpaired) electrons. The van der Waals surface area contributed by atoms with Crippen molar-refractivity contribution in [3.63, 3.8) is 0 Å². The van der Waals surface area contributed by atoms with Gasteiger partial charge in [0.1, 0.15) is 5.82 Å². The van der Waals surface area contributed by atoms with Crippen molar-refractivity contribution in [1.29, 1.82) is 0 Å². The minimum absolute atomic E-state index is 0.157. The lowest BCUT2D eigenvalue weighted by Crippen LogP contribution is -2.10. The molecule has 1 unspecified atom stereocenters. The molecule has 1 rings (SSSR count). The lowest BCUT2D eigenvalue weighted by Gasteiger charge is -2.09. The Bertz CT molecular complexity index is 455. The summed E-state index contributed by atoms with van der Waals surface area (Å²) in [5, 5.41) is 7.37. The van der Waals surface area contributed by atoms with Crippen LogP contribution in [0.25, 0.3) is 0 Å². The Labute approximate surface area is 100 Å². The minimum Gasteiger partial charge on any atom is -0.301 e. The van der Waals surface area contributed by atoms with Crippen molar-refractivity contribution in [1.82, 2.24) is 14.8 Å². The van der Waals surface area contributed by atoms with Gasteiger partial charge in [-0.1, -0.05) is 20.3 Å². The van der Waals surface area contributed by atoms with Crippen LogP contribution in [0.3, 0.4) is 0 Å². The van der Waals surface area contributed by atoms with Crippen molar-refractivity contribution in [3.8, 4) is 0 Å².